The van der Waals surface area contributed by atoms with Gasteiger partial charge in [-0.2, -0.15) is 0 Å². The topological polar surface area (TPSA) is 24.5 Å². The van der Waals surface area contributed by atoms with Gasteiger partial charge in [0, 0.05) is 32.3 Å². The van der Waals surface area contributed by atoms with E-state index >= 15 is 0 Å². The van der Waals surface area contributed by atoms with E-state index in [1.54, 1.807) is 7.11 Å². The first-order chi connectivity index (χ1) is 9.85. The molecule has 0 spiro atoms. The third-order valence-electron chi connectivity index (χ3n) is 4.40. The summed E-state index contributed by atoms with van der Waals surface area (Å²) in [6.45, 7) is 4.22. The summed E-state index contributed by atoms with van der Waals surface area (Å²) in [6, 6.07) is 10.4. The first-order valence-electron chi connectivity index (χ1n) is 7.89. The van der Waals surface area contributed by atoms with E-state index in [0.717, 1.165) is 12.6 Å². The van der Waals surface area contributed by atoms with Crippen molar-refractivity contribution in [3.8, 4) is 0 Å². The summed E-state index contributed by atoms with van der Waals surface area (Å²) in [5.74, 6) is 0. The molecule has 2 fully saturated rings. The molecule has 1 unspecified atom stereocenters. The first-order valence-corrected chi connectivity index (χ1v) is 7.89. The second kappa shape index (κ2) is 8.14. The Kier molecular flexibility index (Phi) is 6.49. The van der Waals surface area contributed by atoms with Crippen molar-refractivity contribution in [2.75, 3.05) is 20.2 Å². The monoisotopic (exact) mass is 310 g/mol. The highest BCUT2D eigenvalue weighted by Gasteiger charge is 2.31. The van der Waals surface area contributed by atoms with Gasteiger partial charge in [0.25, 0.3) is 0 Å². The maximum atomic E-state index is 5.17. The third kappa shape index (κ3) is 4.96. The molecule has 118 valence electrons. The van der Waals surface area contributed by atoms with Crippen LogP contribution < -0.4 is 5.32 Å². The molecule has 3 rings (SSSR count). The molecule has 1 N–H and O–H groups in total. The summed E-state index contributed by atoms with van der Waals surface area (Å²) in [4.78, 5) is 2.67. The van der Waals surface area contributed by atoms with Gasteiger partial charge in [-0.1, -0.05) is 24.3 Å². The Morgan fingerprint density at radius 1 is 1.14 bits per heavy atom. The number of ether oxygens (including phenoxy) is 1. The number of rotatable bonds is 7. The number of nitrogens with one attached hydrogen (secondary N) is 1. The van der Waals surface area contributed by atoms with Crippen LogP contribution in [0.15, 0.2) is 24.3 Å². The highest BCUT2D eigenvalue weighted by molar-refractivity contribution is 5.85. The van der Waals surface area contributed by atoms with E-state index < -0.39 is 0 Å². The first kappa shape index (κ1) is 16.8. The van der Waals surface area contributed by atoms with Gasteiger partial charge < -0.3 is 10.1 Å². The average Bonchev–Trinajstić information content (AvgIpc) is 3.19. The summed E-state index contributed by atoms with van der Waals surface area (Å²) in [6.07, 6.45) is 5.45. The molecule has 3 nitrogen and oxygen atoms in total. The van der Waals surface area contributed by atoms with Crippen LogP contribution in [0.4, 0.5) is 0 Å². The van der Waals surface area contributed by atoms with Crippen LogP contribution >= 0.6 is 12.4 Å². The lowest BCUT2D eigenvalue weighted by atomic mass is 10.1. The zero-order valence-corrected chi connectivity index (χ0v) is 13.7. The smallest absolute Gasteiger partial charge is 0.0713 e. The lowest BCUT2D eigenvalue weighted by Gasteiger charge is -2.25. The maximum Gasteiger partial charge on any atom is 0.0713 e. The molecule has 21 heavy (non-hydrogen) atoms. The van der Waals surface area contributed by atoms with E-state index in [4.69, 9.17) is 4.74 Å². The summed E-state index contributed by atoms with van der Waals surface area (Å²) < 4.78 is 5.17. The minimum atomic E-state index is 0. The van der Waals surface area contributed by atoms with Crippen LogP contribution in [-0.4, -0.2) is 37.2 Å². The summed E-state index contributed by atoms with van der Waals surface area (Å²) >= 11 is 0. The summed E-state index contributed by atoms with van der Waals surface area (Å²) in [5.41, 5.74) is 2.68. The predicted molar refractivity (Wildman–Crippen MR) is 88.9 cm³/mol. The molecule has 1 atom stereocenters. The van der Waals surface area contributed by atoms with Gasteiger partial charge in [-0.05, 0) is 43.4 Å². The normalized spacial score (nSPS) is 21.5. The molecule has 0 radical (unpaired) electrons. The summed E-state index contributed by atoms with van der Waals surface area (Å²) in [7, 11) is 1.75. The van der Waals surface area contributed by atoms with Crippen molar-refractivity contribution in [3.63, 3.8) is 0 Å². The fourth-order valence-electron chi connectivity index (χ4n) is 3.12. The van der Waals surface area contributed by atoms with Crippen LogP contribution in [0.5, 0.6) is 0 Å². The maximum absolute atomic E-state index is 5.17. The molecule has 0 bridgehead atoms. The minimum Gasteiger partial charge on any atom is -0.380 e. The lowest BCUT2D eigenvalue weighted by Crippen LogP contribution is -2.38. The number of nitrogens with zero attached hydrogens (tertiary/aromatic N) is 1. The molecule has 1 aliphatic heterocycles. The molecule has 1 aromatic rings. The molecule has 1 aromatic carbocycles. The van der Waals surface area contributed by atoms with Gasteiger partial charge in [0.1, 0.15) is 0 Å². The Labute approximate surface area is 134 Å². The molecule has 1 heterocycles. The molecule has 2 aliphatic rings. The largest absolute Gasteiger partial charge is 0.380 e. The van der Waals surface area contributed by atoms with Gasteiger partial charge in [-0.25, -0.2) is 0 Å². The Morgan fingerprint density at radius 2 is 1.86 bits per heavy atom. The van der Waals surface area contributed by atoms with Crippen LogP contribution in [0, 0.1) is 0 Å². The molecule has 1 saturated heterocycles. The van der Waals surface area contributed by atoms with Crippen molar-refractivity contribution in [2.45, 2.75) is 50.9 Å². The fourth-order valence-corrected chi connectivity index (χ4v) is 3.12. The van der Waals surface area contributed by atoms with Gasteiger partial charge in [-0.3, -0.25) is 4.90 Å². The number of benzene rings is 1. The van der Waals surface area contributed by atoms with Crippen molar-refractivity contribution >= 4 is 12.4 Å². The van der Waals surface area contributed by atoms with E-state index in [-0.39, 0.29) is 12.4 Å². The van der Waals surface area contributed by atoms with Crippen LogP contribution in [-0.2, 0) is 17.9 Å². The van der Waals surface area contributed by atoms with E-state index in [0.29, 0.717) is 12.6 Å². The standard InChI is InChI=1S/C17H26N2O.ClH/c1-20-13-15-6-4-14(5-7-15)11-19(17-8-9-17)12-16-3-2-10-18-16;/h4-7,16-18H,2-3,8-13H2,1H3;1H. The van der Waals surface area contributed by atoms with Gasteiger partial charge in [0.2, 0.25) is 0 Å². The number of hydrogen-bond acceptors (Lipinski definition) is 3. The van der Waals surface area contributed by atoms with E-state index in [1.807, 2.05) is 0 Å². The zero-order valence-electron chi connectivity index (χ0n) is 12.9. The molecule has 0 amide bonds. The van der Waals surface area contributed by atoms with Gasteiger partial charge in [0.05, 0.1) is 6.61 Å². The molecule has 0 aromatic heterocycles. The third-order valence-corrected chi connectivity index (χ3v) is 4.40. The second-order valence-corrected chi connectivity index (χ2v) is 6.20. The Morgan fingerprint density at radius 3 is 2.43 bits per heavy atom. The van der Waals surface area contributed by atoms with Crippen LogP contribution in [0.2, 0.25) is 0 Å². The minimum absolute atomic E-state index is 0. The lowest BCUT2D eigenvalue weighted by molar-refractivity contribution is 0.185. The second-order valence-electron chi connectivity index (χ2n) is 6.20. The van der Waals surface area contributed by atoms with Crippen molar-refractivity contribution < 1.29 is 4.74 Å². The van der Waals surface area contributed by atoms with Crippen LogP contribution in [0.1, 0.15) is 36.8 Å². The highest BCUT2D eigenvalue weighted by Crippen LogP contribution is 2.29. The van der Waals surface area contributed by atoms with Crippen molar-refractivity contribution in [1.82, 2.24) is 10.2 Å². The van der Waals surface area contributed by atoms with E-state index in [9.17, 15) is 0 Å². The highest BCUT2D eigenvalue weighted by atomic mass is 35.5. The van der Waals surface area contributed by atoms with E-state index in [1.165, 1.54) is 49.9 Å². The zero-order chi connectivity index (χ0) is 13.8. The molecule has 1 saturated carbocycles. The van der Waals surface area contributed by atoms with Crippen LogP contribution in [0.3, 0.4) is 0 Å². The predicted octanol–water partition coefficient (Wildman–Crippen LogP) is 2.97. The van der Waals surface area contributed by atoms with E-state index in [2.05, 4.69) is 34.5 Å². The van der Waals surface area contributed by atoms with Crippen molar-refractivity contribution in [3.05, 3.63) is 35.4 Å². The Balaban J connectivity index is 0.00000161. The Hall–Kier alpha value is -0.610. The van der Waals surface area contributed by atoms with Crippen LogP contribution in [0.25, 0.3) is 0 Å². The average molecular weight is 311 g/mol. The number of methoxy groups -OCH3 is 1. The van der Waals surface area contributed by atoms with Gasteiger partial charge in [0.15, 0.2) is 0 Å². The van der Waals surface area contributed by atoms with Crippen molar-refractivity contribution in [2.24, 2.45) is 0 Å². The van der Waals surface area contributed by atoms with Gasteiger partial charge in [-0.15, -0.1) is 12.4 Å². The molecular weight excluding hydrogens is 284 g/mol. The fraction of sp³-hybridized carbons (Fsp3) is 0.647. The SMILES string of the molecule is COCc1ccc(CN(CC2CCCN2)C2CC2)cc1.Cl. The summed E-state index contributed by atoms with van der Waals surface area (Å²) in [5, 5.41) is 3.62. The quantitative estimate of drug-likeness (QED) is 0.838. The number of hydrogen-bond donors (Lipinski definition) is 1. The van der Waals surface area contributed by atoms with Crippen molar-refractivity contribution in [1.29, 1.82) is 0 Å². The molecular formula is C17H27ClN2O. The number of halogens is 1. The molecule has 4 heteroatoms. The molecule has 1 aliphatic carbocycles. The van der Waals surface area contributed by atoms with Gasteiger partial charge >= 0.3 is 0 Å². The Bertz CT molecular complexity index is 413.